The van der Waals surface area contributed by atoms with E-state index in [0.717, 1.165) is 53.9 Å². The maximum absolute atomic E-state index is 15.1. The molecule has 0 bridgehead atoms. The second kappa shape index (κ2) is 10.5. The normalized spacial score (nSPS) is 11.8. The van der Waals surface area contributed by atoms with Gasteiger partial charge in [0.25, 0.3) is 0 Å². The van der Waals surface area contributed by atoms with Crippen LogP contribution in [-0.4, -0.2) is 9.97 Å². The number of hydrogen-bond acceptors (Lipinski definition) is 2. The minimum atomic E-state index is -4.74. The molecule has 0 aliphatic heterocycles. The quantitative estimate of drug-likeness (QED) is 0.243. The summed E-state index contributed by atoms with van der Waals surface area (Å²) < 4.78 is 67.2. The van der Waals surface area contributed by atoms with E-state index in [4.69, 9.17) is 0 Å². The molecule has 0 aliphatic carbocycles. The van der Waals surface area contributed by atoms with Gasteiger partial charge >= 0.3 is 6.18 Å². The first kappa shape index (κ1) is 24.8. The number of hydrogen-bond donors (Lipinski definition) is 0. The first-order chi connectivity index (χ1) is 16.7. The fourth-order valence-corrected chi connectivity index (χ4v) is 4.17. The highest BCUT2D eigenvalue weighted by Gasteiger charge is 2.33. The van der Waals surface area contributed by atoms with Gasteiger partial charge in [-0.3, -0.25) is 0 Å². The van der Waals surface area contributed by atoms with E-state index < -0.39 is 17.6 Å². The molecular weight excluding hydrogens is 459 g/mol. The molecule has 2 nitrogen and oxygen atoms in total. The summed E-state index contributed by atoms with van der Waals surface area (Å²) in [5.74, 6) is -0.890. The van der Waals surface area contributed by atoms with Crippen molar-refractivity contribution in [1.82, 2.24) is 9.97 Å². The molecule has 4 aromatic rings. The van der Waals surface area contributed by atoms with Gasteiger partial charge in [0.05, 0.1) is 5.56 Å². The van der Waals surface area contributed by atoms with Gasteiger partial charge in [-0.1, -0.05) is 49.7 Å². The Balaban J connectivity index is 1.44. The molecule has 0 amide bonds. The summed E-state index contributed by atoms with van der Waals surface area (Å²) in [6.07, 6.45) is 0.882. The van der Waals surface area contributed by atoms with Crippen LogP contribution in [0.15, 0.2) is 60.8 Å². The third-order valence-corrected chi connectivity index (χ3v) is 6.03. The van der Waals surface area contributed by atoms with Crippen molar-refractivity contribution in [2.24, 2.45) is 0 Å². The van der Waals surface area contributed by atoms with Crippen LogP contribution in [0.3, 0.4) is 0 Å². The van der Waals surface area contributed by atoms with Crippen molar-refractivity contribution in [3.05, 3.63) is 106 Å². The summed E-state index contributed by atoms with van der Waals surface area (Å²) in [5.41, 5.74) is 1.61. The Hall–Kier alpha value is -3.35. The number of fused-ring (bicyclic) bond motifs is 1. The van der Waals surface area contributed by atoms with Gasteiger partial charge in [-0.15, -0.1) is 0 Å². The van der Waals surface area contributed by atoms with Gasteiger partial charge in [-0.2, -0.15) is 13.2 Å². The molecule has 182 valence electrons. The van der Waals surface area contributed by atoms with Crippen LogP contribution in [0.5, 0.6) is 0 Å². The summed E-state index contributed by atoms with van der Waals surface area (Å²) in [6, 6.07) is 13.9. The number of aromatic nitrogens is 2. The number of nitrogens with zero attached hydrogens (tertiary/aromatic N) is 2. The summed E-state index contributed by atoms with van der Waals surface area (Å²) in [5, 5.41) is 1.25. The molecule has 7 heteroatoms. The lowest BCUT2D eigenvalue weighted by atomic mass is 9.97. The van der Waals surface area contributed by atoms with Crippen LogP contribution in [0.25, 0.3) is 10.8 Å². The summed E-state index contributed by atoms with van der Waals surface area (Å²) in [7, 11) is 0. The minimum Gasteiger partial charge on any atom is -0.241 e. The molecule has 0 unspecified atom stereocenters. The van der Waals surface area contributed by atoms with E-state index in [1.54, 1.807) is 18.3 Å². The average Bonchev–Trinajstić information content (AvgIpc) is 2.82. The zero-order valence-electron chi connectivity index (χ0n) is 19.3. The monoisotopic (exact) mass is 484 g/mol. The van der Waals surface area contributed by atoms with Crippen LogP contribution >= 0.6 is 0 Å². The standard InChI is InChI=1S/C28H25F5N2/c1-2-3-22-14-15-34-26(35-22)13-7-18-5-11-23-21(16-18)10-9-20(27(23)30)8-4-19-6-12-24(25(29)17-19)28(31,32)33/h5-6,9-12,14-17H,2-4,7-8,13H2,1H3. The molecule has 0 fully saturated rings. The van der Waals surface area contributed by atoms with Gasteiger partial charge in [0.1, 0.15) is 17.5 Å². The van der Waals surface area contributed by atoms with Gasteiger partial charge in [-0.25, -0.2) is 18.7 Å². The molecule has 0 radical (unpaired) electrons. The van der Waals surface area contributed by atoms with E-state index in [0.29, 0.717) is 22.9 Å². The molecule has 0 atom stereocenters. The van der Waals surface area contributed by atoms with Gasteiger partial charge < -0.3 is 0 Å². The number of alkyl halides is 3. The van der Waals surface area contributed by atoms with E-state index >= 15 is 4.39 Å². The van der Waals surface area contributed by atoms with Crippen molar-refractivity contribution >= 4 is 10.8 Å². The second-order valence-corrected chi connectivity index (χ2v) is 8.62. The molecule has 1 heterocycles. The molecule has 0 saturated carbocycles. The highest BCUT2D eigenvalue weighted by molar-refractivity contribution is 5.84. The van der Waals surface area contributed by atoms with Gasteiger partial charge in [0.15, 0.2) is 0 Å². The van der Waals surface area contributed by atoms with E-state index in [1.807, 2.05) is 24.3 Å². The molecule has 3 aromatic carbocycles. The van der Waals surface area contributed by atoms with Crippen LogP contribution in [0.4, 0.5) is 22.0 Å². The number of rotatable bonds is 8. The predicted octanol–water partition coefficient (Wildman–Crippen LogP) is 7.45. The van der Waals surface area contributed by atoms with E-state index in [2.05, 4.69) is 16.9 Å². The Bertz CT molecular complexity index is 1330. The lowest BCUT2D eigenvalue weighted by Gasteiger charge is -2.11. The highest BCUT2D eigenvalue weighted by Crippen LogP contribution is 2.32. The van der Waals surface area contributed by atoms with Crippen LogP contribution < -0.4 is 0 Å². The van der Waals surface area contributed by atoms with Crippen LogP contribution in [0.1, 0.15) is 47.1 Å². The van der Waals surface area contributed by atoms with E-state index in [9.17, 15) is 17.6 Å². The summed E-state index contributed by atoms with van der Waals surface area (Å²) >= 11 is 0. The van der Waals surface area contributed by atoms with Crippen molar-refractivity contribution < 1.29 is 22.0 Å². The molecule has 1 aromatic heterocycles. The fraction of sp³-hybridized carbons (Fsp3) is 0.286. The Morgan fingerprint density at radius 1 is 0.771 bits per heavy atom. The van der Waals surface area contributed by atoms with Crippen molar-refractivity contribution in [3.8, 4) is 0 Å². The lowest BCUT2D eigenvalue weighted by Crippen LogP contribution is -2.08. The molecule has 0 aliphatic rings. The van der Waals surface area contributed by atoms with E-state index in [1.165, 1.54) is 6.07 Å². The molecular formula is C28H25F5N2. The Morgan fingerprint density at radius 2 is 1.51 bits per heavy atom. The zero-order valence-corrected chi connectivity index (χ0v) is 19.3. The summed E-state index contributed by atoms with van der Waals surface area (Å²) in [6.45, 7) is 2.11. The van der Waals surface area contributed by atoms with Crippen molar-refractivity contribution in [1.29, 1.82) is 0 Å². The first-order valence-corrected chi connectivity index (χ1v) is 11.6. The highest BCUT2D eigenvalue weighted by atomic mass is 19.4. The Morgan fingerprint density at radius 3 is 2.26 bits per heavy atom. The van der Waals surface area contributed by atoms with E-state index in [-0.39, 0.29) is 18.7 Å². The topological polar surface area (TPSA) is 25.8 Å². The Labute approximate surface area is 200 Å². The lowest BCUT2D eigenvalue weighted by molar-refractivity contribution is -0.140. The van der Waals surface area contributed by atoms with Crippen molar-refractivity contribution in [3.63, 3.8) is 0 Å². The largest absolute Gasteiger partial charge is 0.419 e. The third kappa shape index (κ3) is 6.02. The van der Waals surface area contributed by atoms with Gasteiger partial charge in [0, 0.05) is 23.7 Å². The minimum absolute atomic E-state index is 0.229. The summed E-state index contributed by atoms with van der Waals surface area (Å²) in [4.78, 5) is 8.93. The third-order valence-electron chi connectivity index (χ3n) is 6.03. The number of aryl methyl sites for hydroxylation is 5. The average molecular weight is 485 g/mol. The molecule has 35 heavy (non-hydrogen) atoms. The van der Waals surface area contributed by atoms with Gasteiger partial charge in [0.2, 0.25) is 0 Å². The van der Waals surface area contributed by atoms with Crippen LogP contribution in [0, 0.1) is 11.6 Å². The SMILES string of the molecule is CCCc1ccnc(CCc2ccc3c(F)c(CCc4ccc(C(F)(F)F)c(F)c4)ccc3c2)n1. The predicted molar refractivity (Wildman–Crippen MR) is 126 cm³/mol. The van der Waals surface area contributed by atoms with Gasteiger partial charge in [-0.05, 0) is 66.0 Å². The molecule has 0 spiro atoms. The maximum Gasteiger partial charge on any atom is 0.419 e. The zero-order chi connectivity index (χ0) is 25.0. The van der Waals surface area contributed by atoms with Crippen molar-refractivity contribution in [2.75, 3.05) is 0 Å². The molecule has 0 saturated heterocycles. The maximum atomic E-state index is 15.1. The van der Waals surface area contributed by atoms with Crippen LogP contribution in [0.2, 0.25) is 0 Å². The number of halogens is 5. The van der Waals surface area contributed by atoms with Crippen molar-refractivity contribution in [2.45, 2.75) is 51.6 Å². The van der Waals surface area contributed by atoms with Crippen LogP contribution in [-0.2, 0) is 38.3 Å². The smallest absolute Gasteiger partial charge is 0.241 e. The molecule has 0 N–H and O–H groups in total. The second-order valence-electron chi connectivity index (χ2n) is 8.62. The fourth-order valence-electron chi connectivity index (χ4n) is 4.17. The Kier molecular flexibility index (Phi) is 7.43. The first-order valence-electron chi connectivity index (χ1n) is 11.6. The molecule has 4 rings (SSSR count). The number of benzene rings is 3.